The van der Waals surface area contributed by atoms with E-state index in [0.29, 0.717) is 18.6 Å². The summed E-state index contributed by atoms with van der Waals surface area (Å²) in [5.41, 5.74) is 2.20. The number of nitrogens with one attached hydrogen (secondary N) is 2. The molecule has 1 saturated heterocycles. The van der Waals surface area contributed by atoms with Crippen molar-refractivity contribution in [3.8, 4) is 0 Å². The molecule has 0 radical (unpaired) electrons. The topological polar surface area (TPSA) is 61.8 Å². The third kappa shape index (κ3) is 5.17. The van der Waals surface area contributed by atoms with Gasteiger partial charge in [0, 0.05) is 43.3 Å². The minimum absolute atomic E-state index is 0.425. The fourth-order valence-electron chi connectivity index (χ4n) is 3.56. The number of rotatable bonds is 6. The van der Waals surface area contributed by atoms with Gasteiger partial charge in [-0.1, -0.05) is 18.2 Å². The van der Waals surface area contributed by atoms with Crippen molar-refractivity contribution < 1.29 is 4.74 Å². The lowest BCUT2D eigenvalue weighted by Crippen LogP contribution is -2.53. The highest BCUT2D eigenvalue weighted by Crippen LogP contribution is 2.16. The number of nitrogens with zero attached hydrogens (tertiary/aromatic N) is 3. The molecule has 1 aromatic heterocycles. The SMILES string of the molecule is CCNC(=NCc1ccnc2ccccc12)NCC(C)N1CCOCC1C. The van der Waals surface area contributed by atoms with Crippen molar-refractivity contribution in [3.63, 3.8) is 0 Å². The van der Waals surface area contributed by atoms with Crippen LogP contribution in [0.1, 0.15) is 26.3 Å². The molecule has 2 unspecified atom stereocenters. The van der Waals surface area contributed by atoms with Crippen molar-refractivity contribution in [1.82, 2.24) is 20.5 Å². The average Bonchev–Trinajstić information content (AvgIpc) is 2.70. The van der Waals surface area contributed by atoms with Gasteiger partial charge in [0.15, 0.2) is 5.96 Å². The summed E-state index contributed by atoms with van der Waals surface area (Å²) >= 11 is 0. The van der Waals surface area contributed by atoms with E-state index >= 15 is 0 Å². The summed E-state index contributed by atoms with van der Waals surface area (Å²) in [7, 11) is 0. The minimum Gasteiger partial charge on any atom is -0.379 e. The first kappa shape index (κ1) is 19.6. The van der Waals surface area contributed by atoms with Crippen molar-refractivity contribution in [2.45, 2.75) is 39.4 Å². The van der Waals surface area contributed by atoms with E-state index in [9.17, 15) is 0 Å². The number of morpholine rings is 1. The zero-order valence-electron chi connectivity index (χ0n) is 16.6. The minimum atomic E-state index is 0.425. The number of aliphatic imine (C=N–C) groups is 1. The van der Waals surface area contributed by atoms with Crippen molar-refractivity contribution in [3.05, 3.63) is 42.1 Å². The number of hydrogen-bond acceptors (Lipinski definition) is 4. The van der Waals surface area contributed by atoms with E-state index in [1.165, 1.54) is 5.56 Å². The molecule has 2 N–H and O–H groups in total. The predicted octanol–water partition coefficient (Wildman–Crippen LogP) is 2.40. The lowest BCUT2D eigenvalue weighted by molar-refractivity contribution is -0.0174. The van der Waals surface area contributed by atoms with E-state index in [1.807, 2.05) is 30.5 Å². The molecule has 0 bridgehead atoms. The second kappa shape index (κ2) is 9.67. The van der Waals surface area contributed by atoms with Crippen LogP contribution in [0.4, 0.5) is 0 Å². The Balaban J connectivity index is 1.64. The van der Waals surface area contributed by atoms with E-state index in [0.717, 1.165) is 49.7 Å². The highest BCUT2D eigenvalue weighted by atomic mass is 16.5. The molecule has 146 valence electrons. The molecule has 6 nitrogen and oxygen atoms in total. The third-order valence-electron chi connectivity index (χ3n) is 5.04. The normalized spacial score (nSPS) is 19.8. The maximum absolute atomic E-state index is 5.55. The van der Waals surface area contributed by atoms with Crippen LogP contribution in [-0.4, -0.2) is 60.8 Å². The van der Waals surface area contributed by atoms with E-state index in [-0.39, 0.29) is 0 Å². The number of pyridine rings is 1. The molecule has 0 amide bonds. The molecule has 0 saturated carbocycles. The molecule has 0 aliphatic carbocycles. The van der Waals surface area contributed by atoms with Gasteiger partial charge in [0.25, 0.3) is 0 Å². The summed E-state index contributed by atoms with van der Waals surface area (Å²) in [6.45, 7) is 11.5. The van der Waals surface area contributed by atoms with Crippen LogP contribution in [0.2, 0.25) is 0 Å². The van der Waals surface area contributed by atoms with Gasteiger partial charge in [-0.05, 0) is 38.5 Å². The van der Waals surface area contributed by atoms with Crippen LogP contribution >= 0.6 is 0 Å². The van der Waals surface area contributed by atoms with Crippen LogP contribution in [-0.2, 0) is 11.3 Å². The summed E-state index contributed by atoms with van der Waals surface area (Å²) in [4.78, 5) is 11.7. The Bertz CT molecular complexity index is 758. The molecule has 27 heavy (non-hydrogen) atoms. The second-order valence-corrected chi connectivity index (χ2v) is 7.07. The van der Waals surface area contributed by atoms with Gasteiger partial charge in [0.2, 0.25) is 0 Å². The zero-order valence-corrected chi connectivity index (χ0v) is 16.6. The first-order valence-corrected chi connectivity index (χ1v) is 9.87. The van der Waals surface area contributed by atoms with E-state index in [2.05, 4.69) is 47.4 Å². The van der Waals surface area contributed by atoms with E-state index < -0.39 is 0 Å². The van der Waals surface area contributed by atoms with Gasteiger partial charge < -0.3 is 15.4 Å². The first-order valence-electron chi connectivity index (χ1n) is 9.87. The molecule has 0 spiro atoms. The van der Waals surface area contributed by atoms with Crippen LogP contribution in [0.3, 0.4) is 0 Å². The molecule has 6 heteroatoms. The Hall–Kier alpha value is -2.18. The summed E-state index contributed by atoms with van der Waals surface area (Å²) < 4.78 is 5.55. The molecular weight excluding hydrogens is 338 g/mol. The molecule has 1 aliphatic rings. The quantitative estimate of drug-likeness (QED) is 0.605. The average molecular weight is 370 g/mol. The van der Waals surface area contributed by atoms with Gasteiger partial charge in [-0.2, -0.15) is 0 Å². The van der Waals surface area contributed by atoms with E-state index in [4.69, 9.17) is 9.73 Å². The number of para-hydroxylation sites is 1. The number of benzene rings is 1. The maximum Gasteiger partial charge on any atom is 0.191 e. The van der Waals surface area contributed by atoms with Crippen LogP contribution in [0.15, 0.2) is 41.5 Å². The van der Waals surface area contributed by atoms with Crippen LogP contribution in [0, 0.1) is 0 Å². The van der Waals surface area contributed by atoms with Gasteiger partial charge in [-0.25, -0.2) is 4.99 Å². The van der Waals surface area contributed by atoms with Gasteiger partial charge in [-0.3, -0.25) is 9.88 Å². The summed E-state index contributed by atoms with van der Waals surface area (Å²) in [5, 5.41) is 8.01. The fraction of sp³-hybridized carbons (Fsp3) is 0.524. The number of aromatic nitrogens is 1. The zero-order chi connectivity index (χ0) is 19.1. The fourth-order valence-corrected chi connectivity index (χ4v) is 3.56. The van der Waals surface area contributed by atoms with Gasteiger partial charge in [-0.15, -0.1) is 0 Å². The van der Waals surface area contributed by atoms with Crippen LogP contribution in [0.25, 0.3) is 10.9 Å². The molecule has 1 aromatic carbocycles. The van der Waals surface area contributed by atoms with Crippen molar-refractivity contribution in [2.24, 2.45) is 4.99 Å². The van der Waals surface area contributed by atoms with Crippen LogP contribution < -0.4 is 10.6 Å². The Kier molecular flexibility index (Phi) is 7.01. The Morgan fingerprint density at radius 2 is 2.19 bits per heavy atom. The molecule has 1 fully saturated rings. The number of ether oxygens (including phenoxy) is 1. The first-order chi connectivity index (χ1) is 13.2. The number of fused-ring (bicyclic) bond motifs is 1. The number of guanidine groups is 1. The maximum atomic E-state index is 5.55. The highest BCUT2D eigenvalue weighted by Gasteiger charge is 2.23. The molecular formula is C21H31N5O. The van der Waals surface area contributed by atoms with Gasteiger partial charge >= 0.3 is 0 Å². The largest absolute Gasteiger partial charge is 0.379 e. The lowest BCUT2D eigenvalue weighted by atomic mass is 10.1. The molecule has 2 atom stereocenters. The summed E-state index contributed by atoms with van der Waals surface area (Å²) in [6, 6.07) is 11.1. The standard InChI is InChI=1S/C21H31N5O/c1-4-22-21(24-13-16(2)26-11-12-27-15-17(26)3)25-14-18-9-10-23-20-8-6-5-7-19(18)20/h5-10,16-17H,4,11-15H2,1-3H3,(H2,22,24,25). The predicted molar refractivity (Wildman–Crippen MR) is 111 cm³/mol. The van der Waals surface area contributed by atoms with E-state index in [1.54, 1.807) is 0 Å². The summed E-state index contributed by atoms with van der Waals surface area (Å²) in [6.07, 6.45) is 1.86. The number of hydrogen-bond donors (Lipinski definition) is 2. The summed E-state index contributed by atoms with van der Waals surface area (Å²) in [5.74, 6) is 0.853. The Labute approximate surface area is 162 Å². The monoisotopic (exact) mass is 369 g/mol. The van der Waals surface area contributed by atoms with Gasteiger partial charge in [0.05, 0.1) is 25.3 Å². The van der Waals surface area contributed by atoms with Crippen LogP contribution in [0.5, 0.6) is 0 Å². The van der Waals surface area contributed by atoms with Crippen molar-refractivity contribution >= 4 is 16.9 Å². The highest BCUT2D eigenvalue weighted by molar-refractivity contribution is 5.83. The van der Waals surface area contributed by atoms with Crippen molar-refractivity contribution in [2.75, 3.05) is 32.8 Å². The Morgan fingerprint density at radius 3 is 3.00 bits per heavy atom. The third-order valence-corrected chi connectivity index (χ3v) is 5.04. The molecule has 2 aromatic rings. The molecule has 3 rings (SSSR count). The molecule has 1 aliphatic heterocycles. The Morgan fingerprint density at radius 1 is 1.33 bits per heavy atom. The lowest BCUT2D eigenvalue weighted by Gasteiger charge is -2.38. The van der Waals surface area contributed by atoms with Gasteiger partial charge in [0.1, 0.15) is 0 Å². The second-order valence-electron chi connectivity index (χ2n) is 7.07. The van der Waals surface area contributed by atoms with Crippen molar-refractivity contribution in [1.29, 1.82) is 0 Å². The smallest absolute Gasteiger partial charge is 0.191 e. The molecule has 2 heterocycles.